The Bertz CT molecular complexity index is 456. The second-order valence-electron chi connectivity index (χ2n) is 5.50. The molecule has 0 unspecified atom stereocenters. The molecule has 1 rings (SSSR count). The normalized spacial score (nSPS) is 20.0. The molecule has 3 N–H and O–H groups in total. The number of halogens is 3. The highest BCUT2D eigenvalue weighted by atomic mass is 32.2. The van der Waals surface area contributed by atoms with E-state index in [4.69, 9.17) is 18.0 Å². The van der Waals surface area contributed by atoms with Gasteiger partial charge in [-0.15, -0.1) is 0 Å². The standard InChI is InChI=1S/C12H21F3N2O2S2/c13-12(14,15)8-5-9-21(18,19)17-11(10(16)20)6-3-1-2-4-7-11/h17H,1-9H2,(H2,16,20). The highest BCUT2D eigenvalue weighted by Crippen LogP contribution is 2.29. The SMILES string of the molecule is NC(=S)C1(NS(=O)(=O)CCCC(F)(F)F)CCCCCC1. The van der Waals surface area contributed by atoms with Crippen LogP contribution in [0.15, 0.2) is 0 Å². The molecule has 0 aromatic carbocycles. The zero-order valence-corrected chi connectivity index (χ0v) is 13.3. The zero-order valence-electron chi connectivity index (χ0n) is 11.7. The molecule has 0 heterocycles. The molecule has 0 bridgehead atoms. The summed E-state index contributed by atoms with van der Waals surface area (Å²) in [6.07, 6.45) is -1.40. The molecule has 9 heteroatoms. The number of nitrogens with two attached hydrogens (primary N) is 1. The largest absolute Gasteiger partial charge is 0.392 e. The summed E-state index contributed by atoms with van der Waals surface area (Å²) in [5, 5.41) is 0. The van der Waals surface area contributed by atoms with Gasteiger partial charge in [0.15, 0.2) is 0 Å². The van der Waals surface area contributed by atoms with Crippen LogP contribution in [0.3, 0.4) is 0 Å². The highest BCUT2D eigenvalue weighted by molar-refractivity contribution is 7.89. The molecule has 0 aromatic rings. The van der Waals surface area contributed by atoms with Gasteiger partial charge in [-0.05, 0) is 19.3 Å². The van der Waals surface area contributed by atoms with Gasteiger partial charge in [0.05, 0.1) is 16.3 Å². The minimum atomic E-state index is -4.35. The van der Waals surface area contributed by atoms with E-state index >= 15 is 0 Å². The lowest BCUT2D eigenvalue weighted by Crippen LogP contribution is -2.56. The van der Waals surface area contributed by atoms with Gasteiger partial charge in [0.2, 0.25) is 10.0 Å². The van der Waals surface area contributed by atoms with Crippen molar-refractivity contribution in [1.29, 1.82) is 0 Å². The molecule has 0 atom stereocenters. The van der Waals surface area contributed by atoms with E-state index in [1.165, 1.54) is 0 Å². The summed E-state index contributed by atoms with van der Waals surface area (Å²) in [5.74, 6) is -0.573. The number of hydrogen-bond acceptors (Lipinski definition) is 3. The maximum Gasteiger partial charge on any atom is 0.389 e. The van der Waals surface area contributed by atoms with Gasteiger partial charge in [0.25, 0.3) is 0 Å². The maximum absolute atomic E-state index is 12.1. The second kappa shape index (κ2) is 7.23. The average Bonchev–Trinajstić information content (AvgIpc) is 2.52. The molecular weight excluding hydrogens is 325 g/mol. The molecule has 0 aliphatic heterocycles. The summed E-state index contributed by atoms with van der Waals surface area (Å²) in [5.41, 5.74) is 4.72. The first-order chi connectivity index (χ1) is 9.56. The van der Waals surface area contributed by atoms with E-state index in [0.717, 1.165) is 25.7 Å². The second-order valence-corrected chi connectivity index (χ2v) is 7.78. The van der Waals surface area contributed by atoms with Crippen molar-refractivity contribution in [2.24, 2.45) is 5.73 Å². The molecule has 1 fully saturated rings. The molecule has 0 radical (unpaired) electrons. The van der Waals surface area contributed by atoms with Crippen LogP contribution < -0.4 is 10.5 Å². The van der Waals surface area contributed by atoms with Crippen LogP contribution in [0.2, 0.25) is 0 Å². The van der Waals surface area contributed by atoms with Crippen molar-refractivity contribution in [3.63, 3.8) is 0 Å². The smallest absolute Gasteiger partial charge is 0.389 e. The molecule has 1 saturated carbocycles. The maximum atomic E-state index is 12.1. The van der Waals surface area contributed by atoms with Gasteiger partial charge >= 0.3 is 6.18 Å². The Labute approximate surface area is 128 Å². The minimum Gasteiger partial charge on any atom is -0.392 e. The first-order valence-electron chi connectivity index (χ1n) is 6.95. The van der Waals surface area contributed by atoms with Gasteiger partial charge in [-0.3, -0.25) is 0 Å². The fourth-order valence-electron chi connectivity index (χ4n) is 2.54. The Kier molecular flexibility index (Phi) is 6.42. The lowest BCUT2D eigenvalue weighted by atomic mass is 9.91. The molecule has 4 nitrogen and oxygen atoms in total. The topological polar surface area (TPSA) is 72.2 Å². The van der Waals surface area contributed by atoms with Gasteiger partial charge < -0.3 is 5.73 Å². The van der Waals surface area contributed by atoms with Crippen LogP contribution in [-0.2, 0) is 10.0 Å². The van der Waals surface area contributed by atoms with Crippen molar-refractivity contribution in [3.8, 4) is 0 Å². The van der Waals surface area contributed by atoms with Crippen molar-refractivity contribution < 1.29 is 21.6 Å². The van der Waals surface area contributed by atoms with Crippen LogP contribution in [0.5, 0.6) is 0 Å². The Morgan fingerprint density at radius 3 is 2.14 bits per heavy atom. The Balaban J connectivity index is 2.71. The minimum absolute atomic E-state index is 0.0730. The molecule has 0 spiro atoms. The fourth-order valence-corrected chi connectivity index (χ4v) is 4.40. The number of nitrogens with one attached hydrogen (secondary N) is 1. The molecule has 21 heavy (non-hydrogen) atoms. The first-order valence-corrected chi connectivity index (χ1v) is 9.01. The predicted octanol–water partition coefficient (Wildman–Crippen LogP) is 2.63. The fraction of sp³-hybridized carbons (Fsp3) is 0.917. The van der Waals surface area contributed by atoms with E-state index in [2.05, 4.69) is 4.72 Å². The number of hydrogen-bond donors (Lipinski definition) is 2. The van der Waals surface area contributed by atoms with E-state index < -0.39 is 40.3 Å². The van der Waals surface area contributed by atoms with Gasteiger partial charge in [-0.1, -0.05) is 37.9 Å². The van der Waals surface area contributed by atoms with Crippen LogP contribution in [0.4, 0.5) is 13.2 Å². The van der Waals surface area contributed by atoms with E-state index in [1.54, 1.807) is 0 Å². The summed E-state index contributed by atoms with van der Waals surface area (Å²) in [6.45, 7) is 0. The van der Waals surface area contributed by atoms with E-state index in [1.807, 2.05) is 0 Å². The molecule has 0 saturated heterocycles. The summed E-state index contributed by atoms with van der Waals surface area (Å²) in [6, 6.07) is 0. The Morgan fingerprint density at radius 1 is 1.19 bits per heavy atom. The predicted molar refractivity (Wildman–Crippen MR) is 79.4 cm³/mol. The van der Waals surface area contributed by atoms with E-state index in [-0.39, 0.29) is 4.99 Å². The molecular formula is C12H21F3N2O2S2. The Hall–Kier alpha value is -0.410. The third kappa shape index (κ3) is 6.48. The van der Waals surface area contributed by atoms with Crippen molar-refractivity contribution in [3.05, 3.63) is 0 Å². The lowest BCUT2D eigenvalue weighted by molar-refractivity contribution is -0.134. The van der Waals surface area contributed by atoms with Crippen molar-refractivity contribution in [2.75, 3.05) is 5.75 Å². The third-order valence-electron chi connectivity index (χ3n) is 3.65. The summed E-state index contributed by atoms with van der Waals surface area (Å²) in [7, 11) is -3.84. The number of thiocarbonyl (C=S) groups is 1. The van der Waals surface area contributed by atoms with Crippen LogP contribution in [0.1, 0.15) is 51.4 Å². The molecule has 0 aromatic heterocycles. The Morgan fingerprint density at radius 2 is 1.71 bits per heavy atom. The molecule has 1 aliphatic carbocycles. The van der Waals surface area contributed by atoms with Crippen LogP contribution in [0, 0.1) is 0 Å². The van der Waals surface area contributed by atoms with Crippen molar-refractivity contribution in [1.82, 2.24) is 4.72 Å². The lowest BCUT2D eigenvalue weighted by Gasteiger charge is -2.32. The van der Waals surface area contributed by atoms with Crippen molar-refractivity contribution >= 4 is 27.2 Å². The van der Waals surface area contributed by atoms with Crippen LogP contribution in [-0.4, -0.2) is 30.9 Å². The van der Waals surface area contributed by atoms with Crippen molar-refractivity contribution in [2.45, 2.75) is 63.1 Å². The van der Waals surface area contributed by atoms with Gasteiger partial charge in [-0.2, -0.15) is 13.2 Å². The third-order valence-corrected chi connectivity index (χ3v) is 5.57. The average molecular weight is 346 g/mol. The van der Waals surface area contributed by atoms with Gasteiger partial charge in [0, 0.05) is 6.42 Å². The van der Waals surface area contributed by atoms with Crippen LogP contribution >= 0.6 is 12.2 Å². The summed E-state index contributed by atoms with van der Waals surface area (Å²) < 4.78 is 62.8. The van der Waals surface area contributed by atoms with Gasteiger partial charge in [-0.25, -0.2) is 13.1 Å². The van der Waals surface area contributed by atoms with E-state index in [0.29, 0.717) is 12.8 Å². The van der Waals surface area contributed by atoms with E-state index in [9.17, 15) is 21.6 Å². The summed E-state index contributed by atoms with van der Waals surface area (Å²) >= 11 is 5.00. The zero-order chi connectivity index (χ0) is 16.1. The first kappa shape index (κ1) is 18.6. The summed E-state index contributed by atoms with van der Waals surface area (Å²) in [4.78, 5) is 0.0730. The number of alkyl halides is 3. The van der Waals surface area contributed by atoms with Crippen LogP contribution in [0.25, 0.3) is 0 Å². The molecule has 1 aliphatic rings. The monoisotopic (exact) mass is 346 g/mol. The quantitative estimate of drug-likeness (QED) is 0.573. The molecule has 0 amide bonds. The molecule has 124 valence electrons. The number of rotatable bonds is 6. The highest BCUT2D eigenvalue weighted by Gasteiger charge is 2.38. The number of sulfonamides is 1. The van der Waals surface area contributed by atoms with Gasteiger partial charge in [0.1, 0.15) is 0 Å².